The molecule has 28 heavy (non-hydrogen) atoms. The van der Waals surface area contributed by atoms with Gasteiger partial charge >= 0.3 is 11.9 Å². The molecule has 0 spiro atoms. The number of aryl methyl sites for hydroxylation is 1. The van der Waals surface area contributed by atoms with Gasteiger partial charge in [-0.05, 0) is 37.6 Å². The van der Waals surface area contributed by atoms with Crippen LogP contribution >= 0.6 is 11.3 Å². The van der Waals surface area contributed by atoms with Crippen molar-refractivity contribution >= 4 is 39.3 Å². The number of ether oxygens (including phenoxy) is 2. The molecule has 0 saturated heterocycles. The summed E-state index contributed by atoms with van der Waals surface area (Å²) in [5.74, 6) is -0.625. The van der Waals surface area contributed by atoms with Gasteiger partial charge in [0, 0.05) is 0 Å². The number of thiophene rings is 1. The molecule has 2 N–H and O–H groups in total. The summed E-state index contributed by atoms with van der Waals surface area (Å²) in [5.41, 5.74) is 7.30. The molecule has 0 unspecified atom stereocenters. The van der Waals surface area contributed by atoms with E-state index in [4.69, 9.17) is 20.5 Å². The lowest BCUT2D eigenvalue weighted by atomic mass is 10.1. The number of esters is 2. The number of nitrogen functional groups attached to an aromatic ring is 1. The topological polar surface area (TPSA) is 128 Å². The molecule has 0 aliphatic carbocycles. The first kappa shape index (κ1) is 19.3. The molecule has 2 heterocycles. The Kier molecular flexibility index (Phi) is 5.52. The summed E-state index contributed by atoms with van der Waals surface area (Å²) in [6.45, 7) is 3.56. The molecule has 0 atom stereocenters. The third-order valence-electron chi connectivity index (χ3n) is 3.89. The van der Waals surface area contributed by atoms with Crippen LogP contribution in [0.15, 0.2) is 24.3 Å². The molecular formula is C19H16N4O4S. The van der Waals surface area contributed by atoms with Gasteiger partial charge in [-0.2, -0.15) is 5.26 Å². The summed E-state index contributed by atoms with van der Waals surface area (Å²) in [6, 6.07) is 8.15. The maximum Gasteiger partial charge on any atom is 0.348 e. The molecule has 0 radical (unpaired) electrons. The number of aromatic nitrogens is 2. The summed E-state index contributed by atoms with van der Waals surface area (Å²) < 4.78 is 10.3. The van der Waals surface area contributed by atoms with Crippen LogP contribution in [-0.2, 0) is 16.1 Å². The van der Waals surface area contributed by atoms with Gasteiger partial charge in [0.1, 0.15) is 15.5 Å². The highest BCUT2D eigenvalue weighted by atomic mass is 32.1. The van der Waals surface area contributed by atoms with E-state index in [1.165, 1.54) is 6.07 Å². The fourth-order valence-corrected chi connectivity index (χ4v) is 3.70. The largest absolute Gasteiger partial charge is 0.462 e. The van der Waals surface area contributed by atoms with Crippen molar-refractivity contribution in [3.63, 3.8) is 0 Å². The number of fused-ring (bicyclic) bond motifs is 1. The molecular weight excluding hydrogens is 380 g/mol. The van der Waals surface area contributed by atoms with Crippen molar-refractivity contribution in [2.45, 2.75) is 20.5 Å². The first-order valence-corrected chi connectivity index (χ1v) is 9.16. The molecule has 1 aromatic carbocycles. The lowest BCUT2D eigenvalue weighted by Crippen LogP contribution is -2.08. The summed E-state index contributed by atoms with van der Waals surface area (Å²) >= 11 is 1.15. The number of hydrogen-bond acceptors (Lipinski definition) is 9. The predicted molar refractivity (Wildman–Crippen MR) is 103 cm³/mol. The highest BCUT2D eigenvalue weighted by Crippen LogP contribution is 2.33. The van der Waals surface area contributed by atoms with Crippen LogP contribution in [0.25, 0.3) is 10.2 Å². The van der Waals surface area contributed by atoms with E-state index in [0.717, 1.165) is 11.3 Å². The van der Waals surface area contributed by atoms with Crippen molar-refractivity contribution in [1.29, 1.82) is 5.26 Å². The zero-order chi connectivity index (χ0) is 20.3. The number of hydrogen-bond donors (Lipinski definition) is 1. The van der Waals surface area contributed by atoms with Crippen molar-refractivity contribution in [1.82, 2.24) is 9.97 Å². The molecule has 3 rings (SSSR count). The molecule has 2 aromatic heterocycles. The number of anilines is 1. The minimum Gasteiger partial charge on any atom is -0.462 e. The second-order valence-corrected chi connectivity index (χ2v) is 6.75. The summed E-state index contributed by atoms with van der Waals surface area (Å²) in [4.78, 5) is 33.7. The van der Waals surface area contributed by atoms with E-state index in [1.54, 1.807) is 32.0 Å². The van der Waals surface area contributed by atoms with Gasteiger partial charge in [0.15, 0.2) is 12.4 Å². The average molecular weight is 396 g/mol. The number of benzene rings is 1. The fraction of sp³-hybridized carbons (Fsp3) is 0.211. The summed E-state index contributed by atoms with van der Waals surface area (Å²) in [5, 5.41) is 9.50. The molecule has 0 aliphatic heterocycles. The zero-order valence-electron chi connectivity index (χ0n) is 15.2. The average Bonchev–Trinajstić information content (AvgIpc) is 3.03. The van der Waals surface area contributed by atoms with Gasteiger partial charge in [-0.1, -0.05) is 6.07 Å². The Bertz CT molecular complexity index is 1120. The smallest absolute Gasteiger partial charge is 0.348 e. The van der Waals surface area contributed by atoms with Crippen LogP contribution in [-0.4, -0.2) is 28.5 Å². The zero-order valence-corrected chi connectivity index (χ0v) is 16.0. The molecule has 8 nitrogen and oxygen atoms in total. The normalized spacial score (nSPS) is 10.5. The maximum atomic E-state index is 12.2. The van der Waals surface area contributed by atoms with Crippen LogP contribution in [0.4, 0.5) is 5.82 Å². The first-order chi connectivity index (χ1) is 13.4. The Morgan fingerprint density at radius 2 is 2.04 bits per heavy atom. The molecule has 0 bridgehead atoms. The van der Waals surface area contributed by atoms with Gasteiger partial charge in [-0.3, -0.25) is 0 Å². The summed E-state index contributed by atoms with van der Waals surface area (Å²) in [7, 11) is 0. The van der Waals surface area contributed by atoms with Gasteiger partial charge in [0.25, 0.3) is 0 Å². The van der Waals surface area contributed by atoms with E-state index in [1.807, 2.05) is 6.07 Å². The minimum absolute atomic E-state index is 0.193. The van der Waals surface area contributed by atoms with Gasteiger partial charge in [-0.25, -0.2) is 19.6 Å². The first-order valence-electron chi connectivity index (χ1n) is 8.34. The molecule has 9 heteroatoms. The van der Waals surface area contributed by atoms with Crippen LogP contribution in [0.2, 0.25) is 0 Å². The molecule has 0 saturated carbocycles. The number of rotatable bonds is 5. The molecule has 0 aliphatic rings. The van der Waals surface area contributed by atoms with Gasteiger partial charge in [0.2, 0.25) is 0 Å². The Labute approximate surface area is 164 Å². The van der Waals surface area contributed by atoms with Crippen molar-refractivity contribution < 1.29 is 19.1 Å². The van der Waals surface area contributed by atoms with Crippen molar-refractivity contribution in [3.8, 4) is 6.07 Å². The highest BCUT2D eigenvalue weighted by molar-refractivity contribution is 7.20. The molecule has 0 amide bonds. The number of carbonyl (C=O) groups is 2. The lowest BCUT2D eigenvalue weighted by Gasteiger charge is -2.06. The third-order valence-corrected chi connectivity index (χ3v) is 5.05. The summed E-state index contributed by atoms with van der Waals surface area (Å²) in [6.07, 6.45) is 0. The van der Waals surface area contributed by atoms with E-state index in [9.17, 15) is 9.59 Å². The van der Waals surface area contributed by atoms with Crippen LogP contribution in [0.5, 0.6) is 0 Å². The van der Waals surface area contributed by atoms with Crippen molar-refractivity contribution in [2.24, 2.45) is 0 Å². The Balaban J connectivity index is 1.83. The van der Waals surface area contributed by atoms with E-state index >= 15 is 0 Å². The van der Waals surface area contributed by atoms with Gasteiger partial charge in [0.05, 0.1) is 29.2 Å². The monoisotopic (exact) mass is 396 g/mol. The van der Waals surface area contributed by atoms with Gasteiger partial charge in [-0.15, -0.1) is 11.3 Å². The predicted octanol–water partition coefficient (Wildman–Crippen LogP) is 2.99. The number of nitriles is 1. The minimum atomic E-state index is -0.603. The van der Waals surface area contributed by atoms with E-state index in [-0.39, 0.29) is 30.4 Å². The van der Waals surface area contributed by atoms with Crippen LogP contribution in [0, 0.1) is 18.3 Å². The standard InChI is InChI=1S/C19H16N4O4S/c1-3-26-19(25)15-10(2)14-16(21)22-13(23-17(14)28-15)9-27-18(24)12-6-4-5-11(7-12)8-20/h4-7H,3,9H2,1-2H3,(H2,21,22,23). The van der Waals surface area contributed by atoms with Crippen molar-refractivity contribution in [2.75, 3.05) is 12.3 Å². The fourth-order valence-electron chi connectivity index (χ4n) is 2.60. The number of nitrogens with zero attached hydrogens (tertiary/aromatic N) is 3. The Morgan fingerprint density at radius 1 is 1.25 bits per heavy atom. The van der Waals surface area contributed by atoms with E-state index < -0.39 is 11.9 Å². The number of nitrogens with two attached hydrogens (primary N) is 1. The maximum absolute atomic E-state index is 12.2. The third kappa shape index (κ3) is 3.77. The van der Waals surface area contributed by atoms with E-state index in [2.05, 4.69) is 9.97 Å². The Hall–Kier alpha value is -3.51. The number of carbonyl (C=O) groups excluding carboxylic acids is 2. The van der Waals surface area contributed by atoms with Crippen LogP contribution in [0.3, 0.4) is 0 Å². The van der Waals surface area contributed by atoms with Crippen molar-refractivity contribution in [3.05, 3.63) is 51.7 Å². The lowest BCUT2D eigenvalue weighted by molar-refractivity contribution is 0.0461. The highest BCUT2D eigenvalue weighted by Gasteiger charge is 2.21. The molecule has 3 aromatic rings. The van der Waals surface area contributed by atoms with Gasteiger partial charge < -0.3 is 15.2 Å². The van der Waals surface area contributed by atoms with Crippen LogP contribution in [0.1, 0.15) is 43.9 Å². The van der Waals surface area contributed by atoms with E-state index in [0.29, 0.717) is 26.2 Å². The quantitative estimate of drug-likeness (QED) is 0.652. The second-order valence-electron chi connectivity index (χ2n) is 5.75. The van der Waals surface area contributed by atoms with Crippen LogP contribution < -0.4 is 5.73 Å². The Morgan fingerprint density at radius 3 is 2.75 bits per heavy atom. The SMILES string of the molecule is CCOC(=O)c1sc2nc(COC(=O)c3cccc(C#N)c3)nc(N)c2c1C. The second kappa shape index (κ2) is 8.02. The molecule has 142 valence electrons. The molecule has 0 fully saturated rings.